The van der Waals surface area contributed by atoms with Crippen LogP contribution in [0.15, 0.2) is 48.5 Å². The summed E-state index contributed by atoms with van der Waals surface area (Å²) < 4.78 is 32.0. The minimum Gasteiger partial charge on any atom is -0.454 e. The number of esters is 4. The van der Waals surface area contributed by atoms with Crippen molar-refractivity contribution in [2.75, 3.05) is 95.3 Å². The Kier molecular flexibility index (Phi) is 17.8. The van der Waals surface area contributed by atoms with Crippen LogP contribution in [-0.2, 0) is 79.6 Å². The van der Waals surface area contributed by atoms with E-state index in [0.29, 0.717) is 63.7 Å². The molecule has 4 N–H and O–H groups in total. The molecule has 5 rings (SSSR count). The van der Waals surface area contributed by atoms with E-state index in [9.17, 15) is 38.4 Å². The molecule has 3 unspecified atom stereocenters. The van der Waals surface area contributed by atoms with E-state index < -0.39 is 98.6 Å². The number of carbonyl (C=O) groups is 8. The molecule has 0 radical (unpaired) electrons. The fraction of sp³-hybridized carbons (Fsp3) is 0.524. The highest BCUT2D eigenvalue weighted by molar-refractivity contribution is 5.92. The number of anilines is 2. The van der Waals surface area contributed by atoms with Gasteiger partial charge in [-0.1, -0.05) is 38.1 Å². The van der Waals surface area contributed by atoms with Gasteiger partial charge in [-0.15, -0.1) is 0 Å². The van der Waals surface area contributed by atoms with Gasteiger partial charge in [0, 0.05) is 50.4 Å². The smallest absolute Gasteiger partial charge is 0.329 e. The summed E-state index contributed by atoms with van der Waals surface area (Å²) in [5.74, 6) is -7.61. The van der Waals surface area contributed by atoms with Gasteiger partial charge in [0.2, 0.25) is 0 Å². The van der Waals surface area contributed by atoms with Crippen LogP contribution in [-0.4, -0.2) is 151 Å². The number of morpholine rings is 2. The standard InChI is InChI=1S/C42H54N6O14/c1-27(2)19-32-42(56)62-34(21-29-5-9-31(10-6-29)48-13-17-58-18-14-48)41(55)45-22-37(51)59-25-35(49)43-24-39(53)61-33(40(54)44-23-38(52)60-26-36(50)46-32)20-28-3-7-30(8-4-28)47-11-15-57-16-12-47/h3-10,27,32-34H,11-26H2,1-2H3,(H,43,49)(H,44,54)(H,45,55)(H,46,50). The fourth-order valence-electron chi connectivity index (χ4n) is 6.64. The van der Waals surface area contributed by atoms with Gasteiger partial charge in [0.1, 0.15) is 25.7 Å². The first-order valence-electron chi connectivity index (χ1n) is 20.5. The van der Waals surface area contributed by atoms with Crippen molar-refractivity contribution in [3.05, 3.63) is 59.7 Å². The van der Waals surface area contributed by atoms with E-state index in [-0.39, 0.29) is 25.2 Å². The van der Waals surface area contributed by atoms with Crippen LogP contribution < -0.4 is 31.1 Å². The number of nitrogens with one attached hydrogen (secondary N) is 4. The molecular formula is C42H54N6O14. The predicted octanol–water partition coefficient (Wildman–Crippen LogP) is -1.05. The van der Waals surface area contributed by atoms with E-state index in [1.54, 1.807) is 38.1 Å². The minimum atomic E-state index is -1.48. The quantitative estimate of drug-likeness (QED) is 0.183. The Bertz CT molecular complexity index is 1880. The Balaban J connectivity index is 1.27. The molecule has 3 aliphatic heterocycles. The van der Waals surface area contributed by atoms with Crippen molar-refractivity contribution < 1.29 is 66.8 Å². The maximum absolute atomic E-state index is 13.6. The van der Waals surface area contributed by atoms with Crippen molar-refractivity contribution in [3.63, 3.8) is 0 Å². The van der Waals surface area contributed by atoms with Gasteiger partial charge >= 0.3 is 23.9 Å². The minimum absolute atomic E-state index is 0.0849. The lowest BCUT2D eigenvalue weighted by Crippen LogP contribution is -2.48. The highest BCUT2D eigenvalue weighted by atomic mass is 16.6. The van der Waals surface area contributed by atoms with E-state index in [1.807, 2.05) is 24.3 Å². The Labute approximate surface area is 358 Å². The lowest BCUT2D eigenvalue weighted by atomic mass is 10.0. The lowest BCUT2D eigenvalue weighted by Gasteiger charge is -2.29. The fourth-order valence-corrected chi connectivity index (χ4v) is 6.64. The average molecular weight is 867 g/mol. The van der Waals surface area contributed by atoms with Crippen LogP contribution in [0.25, 0.3) is 0 Å². The normalized spacial score (nSPS) is 22.5. The SMILES string of the molecule is CC(C)CC1NC(=O)COC(=O)CNC(=O)C(Cc2ccc(N3CCOCC3)cc2)OC(=O)CNC(=O)COC(=O)CNC(=O)C(Cc2ccc(N3CCOCC3)cc2)OC1=O. The van der Waals surface area contributed by atoms with Gasteiger partial charge in [-0.3, -0.25) is 33.6 Å². The first kappa shape index (κ1) is 46.8. The number of carbonyl (C=O) groups excluding carboxylic acids is 8. The third-order valence-corrected chi connectivity index (χ3v) is 9.88. The highest BCUT2D eigenvalue weighted by Gasteiger charge is 2.31. The molecule has 3 fully saturated rings. The molecule has 0 spiro atoms. The molecular weight excluding hydrogens is 812 g/mol. The van der Waals surface area contributed by atoms with Gasteiger partial charge in [-0.05, 0) is 47.7 Å². The number of hydrogen-bond acceptors (Lipinski definition) is 16. The first-order chi connectivity index (χ1) is 29.8. The second-order valence-corrected chi connectivity index (χ2v) is 15.1. The summed E-state index contributed by atoms with van der Waals surface area (Å²) in [7, 11) is 0. The van der Waals surface area contributed by atoms with Gasteiger partial charge in [0.25, 0.3) is 23.6 Å². The van der Waals surface area contributed by atoms with E-state index in [1.165, 1.54) is 0 Å². The van der Waals surface area contributed by atoms with Crippen molar-refractivity contribution in [2.24, 2.45) is 5.92 Å². The van der Waals surface area contributed by atoms with E-state index >= 15 is 0 Å². The van der Waals surface area contributed by atoms with Gasteiger partial charge in [-0.25, -0.2) is 4.79 Å². The van der Waals surface area contributed by atoms with Crippen LogP contribution in [0.1, 0.15) is 31.4 Å². The monoisotopic (exact) mass is 866 g/mol. The predicted molar refractivity (Wildman–Crippen MR) is 218 cm³/mol. The van der Waals surface area contributed by atoms with Crippen molar-refractivity contribution >= 4 is 58.9 Å². The summed E-state index contributed by atoms with van der Waals surface area (Å²) in [4.78, 5) is 108. The molecule has 3 heterocycles. The molecule has 4 amide bonds. The summed E-state index contributed by atoms with van der Waals surface area (Å²) in [5.41, 5.74) is 3.10. The number of amides is 4. The number of hydrogen-bond donors (Lipinski definition) is 4. The lowest BCUT2D eigenvalue weighted by molar-refractivity contribution is -0.160. The maximum Gasteiger partial charge on any atom is 0.329 e. The largest absolute Gasteiger partial charge is 0.454 e. The topological polar surface area (TPSA) is 247 Å². The van der Waals surface area contributed by atoms with E-state index in [4.69, 9.17) is 28.4 Å². The van der Waals surface area contributed by atoms with Crippen LogP contribution in [0, 0.1) is 5.92 Å². The number of benzene rings is 2. The van der Waals surface area contributed by atoms with Gasteiger partial charge in [0.05, 0.1) is 26.4 Å². The Morgan fingerprint density at radius 1 is 0.565 bits per heavy atom. The number of nitrogens with zero attached hydrogens (tertiary/aromatic N) is 2. The van der Waals surface area contributed by atoms with Crippen molar-refractivity contribution in [3.8, 4) is 0 Å². The molecule has 3 saturated heterocycles. The van der Waals surface area contributed by atoms with Gasteiger partial charge in [-0.2, -0.15) is 0 Å². The second kappa shape index (κ2) is 23.6. The zero-order chi connectivity index (χ0) is 44.4. The molecule has 0 saturated carbocycles. The molecule has 62 heavy (non-hydrogen) atoms. The van der Waals surface area contributed by atoms with Gasteiger partial charge < -0.3 is 59.5 Å². The third-order valence-electron chi connectivity index (χ3n) is 9.88. The molecule has 20 nitrogen and oxygen atoms in total. The van der Waals surface area contributed by atoms with E-state index in [2.05, 4.69) is 31.1 Å². The Morgan fingerprint density at radius 2 is 1.00 bits per heavy atom. The zero-order valence-corrected chi connectivity index (χ0v) is 34.9. The van der Waals surface area contributed by atoms with Crippen LogP contribution >= 0.6 is 0 Å². The molecule has 2 aromatic carbocycles. The van der Waals surface area contributed by atoms with Crippen molar-refractivity contribution in [1.29, 1.82) is 0 Å². The summed E-state index contributed by atoms with van der Waals surface area (Å²) in [6, 6.07) is 13.2. The summed E-state index contributed by atoms with van der Waals surface area (Å²) in [6.07, 6.45) is -3.07. The molecule has 0 aliphatic carbocycles. The molecule has 20 heteroatoms. The number of ether oxygens (including phenoxy) is 6. The first-order valence-corrected chi connectivity index (χ1v) is 20.5. The van der Waals surface area contributed by atoms with Crippen LogP contribution in [0.2, 0.25) is 0 Å². The maximum atomic E-state index is 13.6. The van der Waals surface area contributed by atoms with Gasteiger partial charge in [0.15, 0.2) is 25.4 Å². The zero-order valence-electron chi connectivity index (χ0n) is 34.9. The third kappa shape index (κ3) is 15.3. The molecule has 3 atom stereocenters. The van der Waals surface area contributed by atoms with E-state index in [0.717, 1.165) is 11.4 Å². The van der Waals surface area contributed by atoms with Crippen LogP contribution in [0.3, 0.4) is 0 Å². The number of cyclic esters (lactones) is 4. The molecule has 0 aromatic heterocycles. The Morgan fingerprint density at radius 3 is 1.47 bits per heavy atom. The molecule has 336 valence electrons. The molecule has 3 aliphatic rings. The molecule has 0 bridgehead atoms. The van der Waals surface area contributed by atoms with Crippen LogP contribution in [0.5, 0.6) is 0 Å². The van der Waals surface area contributed by atoms with Crippen molar-refractivity contribution in [1.82, 2.24) is 21.3 Å². The Hall–Kier alpha value is -6.28. The average Bonchev–Trinajstić information content (AvgIpc) is 3.27. The second-order valence-electron chi connectivity index (χ2n) is 15.1. The summed E-state index contributed by atoms with van der Waals surface area (Å²) >= 11 is 0. The molecule has 2 aromatic rings. The summed E-state index contributed by atoms with van der Waals surface area (Å²) in [6.45, 7) is 5.00. The summed E-state index contributed by atoms with van der Waals surface area (Å²) in [5, 5.41) is 9.45. The number of rotatable bonds is 8. The highest BCUT2D eigenvalue weighted by Crippen LogP contribution is 2.20. The van der Waals surface area contributed by atoms with Crippen LogP contribution in [0.4, 0.5) is 11.4 Å². The van der Waals surface area contributed by atoms with Crippen molar-refractivity contribution in [2.45, 2.75) is 51.4 Å².